The summed E-state index contributed by atoms with van der Waals surface area (Å²) in [5.41, 5.74) is 0.831. The first kappa shape index (κ1) is 15.3. The maximum atomic E-state index is 5.73. The highest BCUT2D eigenvalue weighted by Gasteiger charge is 2.10. The van der Waals surface area contributed by atoms with Crippen molar-refractivity contribution in [2.75, 3.05) is 6.61 Å². The Labute approximate surface area is 131 Å². The van der Waals surface area contributed by atoms with Crippen LogP contribution in [0.4, 0.5) is 0 Å². The summed E-state index contributed by atoms with van der Waals surface area (Å²) < 4.78 is 12.0. The van der Waals surface area contributed by atoms with Gasteiger partial charge in [-0.25, -0.2) is 0 Å². The van der Waals surface area contributed by atoms with Crippen LogP contribution in [0.15, 0.2) is 27.1 Å². The number of halogens is 2. The monoisotopic (exact) mass is 358 g/mol. The summed E-state index contributed by atoms with van der Waals surface area (Å²) in [6.45, 7) is 5.05. The minimum absolute atomic E-state index is 0.213. The second-order valence-electron chi connectivity index (χ2n) is 4.81. The second-order valence-corrected chi connectivity index (χ2v) is 5.93. The molecule has 0 N–H and O–H groups in total. The van der Waals surface area contributed by atoms with Crippen molar-refractivity contribution < 1.29 is 9.15 Å². The first-order chi connectivity index (χ1) is 9.60. The Balaban J connectivity index is 2.09. The zero-order valence-electron chi connectivity index (χ0n) is 11.4. The average Bonchev–Trinajstić information content (AvgIpc) is 2.89. The van der Waals surface area contributed by atoms with Crippen LogP contribution in [0.25, 0.3) is 11.5 Å². The van der Waals surface area contributed by atoms with Crippen LogP contribution in [0.1, 0.15) is 26.2 Å². The van der Waals surface area contributed by atoms with Gasteiger partial charge in [0.1, 0.15) is 11.6 Å². The van der Waals surface area contributed by atoms with Crippen molar-refractivity contribution in [2.24, 2.45) is 5.92 Å². The third-order valence-electron chi connectivity index (χ3n) is 2.71. The molecular formula is C14H16BrClN2O2. The van der Waals surface area contributed by atoms with Crippen LogP contribution in [0.3, 0.4) is 0 Å². The summed E-state index contributed by atoms with van der Waals surface area (Å²) in [6.07, 6.45) is 1.02. The Morgan fingerprint density at radius 3 is 2.75 bits per heavy atom. The fourth-order valence-corrected chi connectivity index (χ4v) is 2.18. The van der Waals surface area contributed by atoms with Crippen LogP contribution in [-0.4, -0.2) is 16.8 Å². The number of aromatic nitrogens is 2. The van der Waals surface area contributed by atoms with E-state index in [4.69, 9.17) is 20.8 Å². The van der Waals surface area contributed by atoms with E-state index in [1.54, 1.807) is 0 Å². The lowest BCUT2D eigenvalue weighted by Gasteiger charge is -2.10. The molecule has 2 aromatic rings. The lowest BCUT2D eigenvalue weighted by atomic mass is 10.1. The average molecular weight is 360 g/mol. The quantitative estimate of drug-likeness (QED) is 0.704. The summed E-state index contributed by atoms with van der Waals surface area (Å²) in [6, 6.07) is 5.68. The molecule has 0 bridgehead atoms. The van der Waals surface area contributed by atoms with Crippen molar-refractivity contribution in [3.05, 3.63) is 28.6 Å². The van der Waals surface area contributed by atoms with Crippen LogP contribution in [0, 0.1) is 5.92 Å². The van der Waals surface area contributed by atoms with E-state index in [2.05, 4.69) is 40.0 Å². The molecule has 1 aromatic heterocycles. The second kappa shape index (κ2) is 7.09. The Morgan fingerprint density at radius 2 is 2.15 bits per heavy atom. The van der Waals surface area contributed by atoms with E-state index in [1.165, 1.54) is 0 Å². The van der Waals surface area contributed by atoms with E-state index in [0.29, 0.717) is 24.3 Å². The SMILES string of the molecule is CC(C)CCOc1ccc(-c2nnc(CCl)o2)cc1Br. The van der Waals surface area contributed by atoms with Gasteiger partial charge in [-0.2, -0.15) is 0 Å². The van der Waals surface area contributed by atoms with Crippen molar-refractivity contribution >= 4 is 27.5 Å². The Kier molecular flexibility index (Phi) is 5.43. The van der Waals surface area contributed by atoms with E-state index < -0.39 is 0 Å². The molecule has 0 atom stereocenters. The number of nitrogens with zero attached hydrogens (tertiary/aromatic N) is 2. The van der Waals surface area contributed by atoms with Crippen LogP contribution < -0.4 is 4.74 Å². The van der Waals surface area contributed by atoms with E-state index in [-0.39, 0.29) is 5.88 Å². The molecule has 20 heavy (non-hydrogen) atoms. The van der Waals surface area contributed by atoms with Crippen LogP contribution in [-0.2, 0) is 5.88 Å². The smallest absolute Gasteiger partial charge is 0.247 e. The number of hydrogen-bond acceptors (Lipinski definition) is 4. The standard InChI is InChI=1S/C14H16BrClN2O2/c1-9(2)5-6-19-12-4-3-10(7-11(12)15)14-18-17-13(8-16)20-14/h3-4,7,9H,5-6,8H2,1-2H3. The summed E-state index contributed by atoms with van der Waals surface area (Å²) in [5.74, 6) is 2.52. The zero-order chi connectivity index (χ0) is 14.5. The van der Waals surface area contributed by atoms with Crippen molar-refractivity contribution in [3.8, 4) is 17.2 Å². The molecule has 1 heterocycles. The van der Waals surface area contributed by atoms with Crippen molar-refractivity contribution in [3.63, 3.8) is 0 Å². The summed E-state index contributed by atoms with van der Waals surface area (Å²) in [7, 11) is 0. The topological polar surface area (TPSA) is 48.2 Å². The van der Waals surface area contributed by atoms with Gasteiger partial charge >= 0.3 is 0 Å². The van der Waals surface area contributed by atoms with E-state index in [9.17, 15) is 0 Å². The largest absolute Gasteiger partial charge is 0.492 e. The summed E-state index contributed by atoms with van der Waals surface area (Å²) in [4.78, 5) is 0. The number of hydrogen-bond donors (Lipinski definition) is 0. The van der Waals surface area contributed by atoms with Crippen molar-refractivity contribution in [2.45, 2.75) is 26.1 Å². The number of rotatable bonds is 6. The van der Waals surface area contributed by atoms with E-state index >= 15 is 0 Å². The molecule has 108 valence electrons. The van der Waals surface area contributed by atoms with Crippen molar-refractivity contribution in [1.82, 2.24) is 10.2 Å². The molecule has 0 aliphatic carbocycles. The lowest BCUT2D eigenvalue weighted by Crippen LogP contribution is -2.01. The van der Waals surface area contributed by atoms with Crippen molar-refractivity contribution in [1.29, 1.82) is 0 Å². The molecule has 0 spiro atoms. The number of alkyl halides is 1. The molecule has 4 nitrogen and oxygen atoms in total. The van der Waals surface area contributed by atoms with Gasteiger partial charge in [0.2, 0.25) is 11.8 Å². The molecule has 0 amide bonds. The first-order valence-electron chi connectivity index (χ1n) is 6.41. The molecular weight excluding hydrogens is 344 g/mol. The van der Waals surface area contributed by atoms with E-state index in [1.807, 2.05) is 18.2 Å². The van der Waals surface area contributed by atoms with Gasteiger partial charge in [0.25, 0.3) is 0 Å². The highest BCUT2D eigenvalue weighted by Crippen LogP contribution is 2.30. The van der Waals surface area contributed by atoms with Gasteiger partial charge in [-0.05, 0) is 46.5 Å². The third-order valence-corrected chi connectivity index (χ3v) is 3.56. The van der Waals surface area contributed by atoms with Gasteiger partial charge in [-0.1, -0.05) is 13.8 Å². The first-order valence-corrected chi connectivity index (χ1v) is 7.74. The molecule has 0 aliphatic rings. The zero-order valence-corrected chi connectivity index (χ0v) is 13.7. The molecule has 0 fully saturated rings. The molecule has 6 heteroatoms. The molecule has 0 radical (unpaired) electrons. The maximum Gasteiger partial charge on any atom is 0.247 e. The predicted octanol–water partition coefficient (Wildman–Crippen LogP) is 4.66. The van der Waals surface area contributed by atoms with Crippen LogP contribution >= 0.6 is 27.5 Å². The van der Waals surface area contributed by atoms with Gasteiger partial charge in [0, 0.05) is 5.56 Å². The highest BCUT2D eigenvalue weighted by atomic mass is 79.9. The molecule has 0 saturated carbocycles. The minimum atomic E-state index is 0.213. The predicted molar refractivity (Wildman–Crippen MR) is 81.9 cm³/mol. The summed E-state index contributed by atoms with van der Waals surface area (Å²) in [5, 5.41) is 7.79. The third kappa shape index (κ3) is 3.96. The fourth-order valence-electron chi connectivity index (χ4n) is 1.58. The van der Waals surface area contributed by atoms with Crippen LogP contribution in [0.2, 0.25) is 0 Å². The molecule has 0 saturated heterocycles. The Bertz CT molecular complexity index is 572. The van der Waals surface area contributed by atoms with Crippen LogP contribution in [0.5, 0.6) is 5.75 Å². The van der Waals surface area contributed by atoms with Gasteiger partial charge < -0.3 is 9.15 Å². The molecule has 2 rings (SSSR count). The van der Waals surface area contributed by atoms with Gasteiger partial charge in [0.05, 0.1) is 11.1 Å². The Morgan fingerprint density at radius 1 is 1.35 bits per heavy atom. The normalized spacial score (nSPS) is 11.1. The Hall–Kier alpha value is -1.07. The maximum absolute atomic E-state index is 5.73. The molecule has 0 aliphatic heterocycles. The minimum Gasteiger partial charge on any atom is -0.492 e. The summed E-state index contributed by atoms with van der Waals surface area (Å²) >= 11 is 9.14. The highest BCUT2D eigenvalue weighted by molar-refractivity contribution is 9.10. The number of benzene rings is 1. The number of ether oxygens (including phenoxy) is 1. The van der Waals surface area contributed by atoms with Gasteiger partial charge in [-0.3, -0.25) is 0 Å². The molecule has 0 unspecified atom stereocenters. The van der Waals surface area contributed by atoms with E-state index in [0.717, 1.165) is 22.2 Å². The fraction of sp³-hybridized carbons (Fsp3) is 0.429. The molecule has 1 aromatic carbocycles. The lowest BCUT2D eigenvalue weighted by molar-refractivity contribution is 0.288. The van der Waals surface area contributed by atoms with Gasteiger partial charge in [-0.15, -0.1) is 21.8 Å². The van der Waals surface area contributed by atoms with Gasteiger partial charge in [0.15, 0.2) is 0 Å².